The Bertz CT molecular complexity index is 459. The fraction of sp³-hybridized carbons (Fsp3) is 0.357. The van der Waals surface area contributed by atoms with Gasteiger partial charge in [-0.25, -0.2) is 0 Å². The molecule has 0 aromatic heterocycles. The zero-order chi connectivity index (χ0) is 13.7. The highest BCUT2D eigenvalue weighted by Gasteiger charge is 2.15. The van der Waals surface area contributed by atoms with Crippen LogP contribution in [0.1, 0.15) is 36.2 Å². The minimum atomic E-state index is -0.851. The molecule has 1 N–H and O–H groups in total. The van der Waals surface area contributed by atoms with Crippen LogP contribution >= 0.6 is 0 Å². The molecule has 0 bridgehead atoms. The van der Waals surface area contributed by atoms with Crippen molar-refractivity contribution in [1.29, 1.82) is 0 Å². The second-order valence-corrected chi connectivity index (χ2v) is 4.25. The number of carbonyl (C=O) groups is 3. The molecule has 1 atom stereocenters. The first-order chi connectivity index (χ1) is 8.45. The Balaban J connectivity index is 2.77. The van der Waals surface area contributed by atoms with Crippen molar-refractivity contribution in [2.45, 2.75) is 26.7 Å². The van der Waals surface area contributed by atoms with Crippen LogP contribution in [-0.2, 0) is 16.0 Å². The van der Waals surface area contributed by atoms with Crippen molar-refractivity contribution in [3.63, 3.8) is 0 Å². The highest BCUT2D eigenvalue weighted by Crippen LogP contribution is 2.11. The van der Waals surface area contributed by atoms with Gasteiger partial charge >= 0.3 is 5.97 Å². The monoisotopic (exact) mass is 248 g/mol. The molecule has 96 valence electrons. The average Bonchev–Trinajstić information content (AvgIpc) is 2.37. The lowest BCUT2D eigenvalue weighted by atomic mass is 9.98. The molecule has 0 fully saturated rings. The normalized spacial score (nSPS) is 11.9. The van der Waals surface area contributed by atoms with Gasteiger partial charge in [-0.1, -0.05) is 38.1 Å². The Morgan fingerprint density at radius 2 is 1.72 bits per heavy atom. The second-order valence-electron chi connectivity index (χ2n) is 4.25. The number of benzene rings is 1. The van der Waals surface area contributed by atoms with E-state index in [1.165, 1.54) is 0 Å². The summed E-state index contributed by atoms with van der Waals surface area (Å²) >= 11 is 0. The van der Waals surface area contributed by atoms with Crippen molar-refractivity contribution in [2.24, 2.45) is 5.92 Å². The van der Waals surface area contributed by atoms with Gasteiger partial charge in [-0.05, 0) is 12.0 Å². The lowest BCUT2D eigenvalue weighted by Crippen LogP contribution is -2.14. The van der Waals surface area contributed by atoms with Crippen molar-refractivity contribution in [3.05, 3.63) is 35.4 Å². The Kier molecular flexibility index (Phi) is 4.77. The molecule has 4 nitrogen and oxygen atoms in total. The van der Waals surface area contributed by atoms with Crippen LogP contribution in [0.4, 0.5) is 0 Å². The number of Topliss-reactive ketones (excluding diaryl/α,β-unsaturated/α-hetero) is 2. The summed E-state index contributed by atoms with van der Waals surface area (Å²) in [5, 5.41) is 8.79. The van der Waals surface area contributed by atoms with Gasteiger partial charge in [0.15, 0.2) is 0 Å². The first kappa shape index (κ1) is 14.1. The summed E-state index contributed by atoms with van der Waals surface area (Å²) in [6.07, 6.45) is 0.599. The van der Waals surface area contributed by atoms with Crippen molar-refractivity contribution in [1.82, 2.24) is 0 Å². The zero-order valence-electron chi connectivity index (χ0n) is 10.5. The lowest BCUT2D eigenvalue weighted by molar-refractivity contribution is -0.141. The molecule has 18 heavy (non-hydrogen) atoms. The Morgan fingerprint density at radius 1 is 1.17 bits per heavy atom. The van der Waals surface area contributed by atoms with Gasteiger partial charge in [0.05, 0.1) is 5.92 Å². The average molecular weight is 248 g/mol. The topological polar surface area (TPSA) is 71.4 Å². The first-order valence-corrected chi connectivity index (χ1v) is 5.85. The van der Waals surface area contributed by atoms with Crippen LogP contribution in [0.2, 0.25) is 0 Å². The fourth-order valence-corrected chi connectivity index (χ4v) is 1.55. The van der Waals surface area contributed by atoms with E-state index in [1.807, 2.05) is 0 Å². The van der Waals surface area contributed by atoms with Crippen LogP contribution in [-0.4, -0.2) is 22.6 Å². The highest BCUT2D eigenvalue weighted by atomic mass is 16.4. The maximum absolute atomic E-state index is 11.6. The Hall–Kier alpha value is -1.97. The molecule has 0 heterocycles. The summed E-state index contributed by atoms with van der Waals surface area (Å²) in [7, 11) is 0. The fourth-order valence-electron chi connectivity index (χ4n) is 1.55. The minimum absolute atomic E-state index is 0.191. The number of ketones is 2. The molecule has 1 aromatic rings. The van der Waals surface area contributed by atoms with Gasteiger partial charge in [-0.3, -0.25) is 14.4 Å². The summed E-state index contributed by atoms with van der Waals surface area (Å²) in [6, 6.07) is 6.52. The number of carboxylic acids is 1. The molecule has 0 saturated heterocycles. The predicted octanol–water partition coefficient (Wildman–Crippen LogP) is 2.11. The largest absolute Gasteiger partial charge is 0.481 e. The summed E-state index contributed by atoms with van der Waals surface area (Å²) in [6.45, 7) is 3.27. The van der Waals surface area contributed by atoms with E-state index in [4.69, 9.17) is 5.11 Å². The smallest absolute Gasteiger partial charge is 0.306 e. The standard InChI is InChI=1S/C14H16O4/c1-3-12(15)13(16)11-6-4-10(5-7-11)8-9(2)14(17)18/h4-7,9H,3,8H2,1-2H3,(H,17,18). The summed E-state index contributed by atoms with van der Waals surface area (Å²) in [5.74, 6) is -2.22. The number of hydrogen-bond acceptors (Lipinski definition) is 3. The van der Waals surface area contributed by atoms with E-state index in [9.17, 15) is 14.4 Å². The zero-order valence-corrected chi connectivity index (χ0v) is 10.5. The van der Waals surface area contributed by atoms with Crippen molar-refractivity contribution >= 4 is 17.5 Å². The minimum Gasteiger partial charge on any atom is -0.481 e. The number of hydrogen-bond donors (Lipinski definition) is 1. The van der Waals surface area contributed by atoms with Gasteiger partial charge < -0.3 is 5.11 Å². The van der Waals surface area contributed by atoms with E-state index >= 15 is 0 Å². The molecule has 0 saturated carbocycles. The molecule has 1 aromatic carbocycles. The second kappa shape index (κ2) is 6.10. The molecule has 1 unspecified atom stereocenters. The molecule has 0 radical (unpaired) electrons. The Labute approximate surface area is 106 Å². The molecule has 0 spiro atoms. The van der Waals surface area contributed by atoms with E-state index < -0.39 is 23.5 Å². The van der Waals surface area contributed by atoms with Gasteiger partial charge in [0.1, 0.15) is 0 Å². The first-order valence-electron chi connectivity index (χ1n) is 5.85. The Morgan fingerprint density at radius 3 is 2.17 bits per heavy atom. The molecular weight excluding hydrogens is 232 g/mol. The van der Waals surface area contributed by atoms with Crippen LogP contribution in [0.25, 0.3) is 0 Å². The summed E-state index contributed by atoms with van der Waals surface area (Å²) in [5.41, 5.74) is 1.19. The number of rotatable bonds is 6. The van der Waals surface area contributed by atoms with E-state index in [0.717, 1.165) is 5.56 Å². The molecule has 0 aliphatic carbocycles. The van der Waals surface area contributed by atoms with Crippen molar-refractivity contribution in [3.8, 4) is 0 Å². The van der Waals surface area contributed by atoms with Crippen LogP contribution in [0.5, 0.6) is 0 Å². The van der Waals surface area contributed by atoms with E-state index in [-0.39, 0.29) is 6.42 Å². The van der Waals surface area contributed by atoms with Crippen LogP contribution < -0.4 is 0 Å². The number of carbonyl (C=O) groups excluding carboxylic acids is 2. The third kappa shape index (κ3) is 3.52. The van der Waals surface area contributed by atoms with Gasteiger partial charge in [0, 0.05) is 12.0 Å². The lowest BCUT2D eigenvalue weighted by Gasteiger charge is -2.06. The molecule has 1 rings (SSSR count). The quantitative estimate of drug-likeness (QED) is 0.618. The molecule has 4 heteroatoms. The van der Waals surface area contributed by atoms with Gasteiger partial charge in [0.2, 0.25) is 11.6 Å². The number of aliphatic carboxylic acids is 1. The molecule has 0 aliphatic heterocycles. The summed E-state index contributed by atoms with van der Waals surface area (Å²) < 4.78 is 0. The van der Waals surface area contributed by atoms with Crippen LogP contribution in [0.15, 0.2) is 24.3 Å². The highest BCUT2D eigenvalue weighted by molar-refractivity contribution is 6.43. The van der Waals surface area contributed by atoms with Crippen LogP contribution in [0, 0.1) is 5.92 Å². The summed E-state index contributed by atoms with van der Waals surface area (Å²) in [4.78, 5) is 33.5. The van der Waals surface area contributed by atoms with Gasteiger partial charge in [0.25, 0.3) is 0 Å². The van der Waals surface area contributed by atoms with Crippen LogP contribution in [0.3, 0.4) is 0 Å². The number of carboxylic acid groups (broad SMARTS) is 1. The molecule has 0 aliphatic rings. The third-order valence-electron chi connectivity index (χ3n) is 2.75. The van der Waals surface area contributed by atoms with Crippen molar-refractivity contribution < 1.29 is 19.5 Å². The molecule has 0 amide bonds. The maximum Gasteiger partial charge on any atom is 0.306 e. The van der Waals surface area contributed by atoms with Crippen molar-refractivity contribution in [2.75, 3.05) is 0 Å². The predicted molar refractivity (Wildman–Crippen MR) is 66.6 cm³/mol. The van der Waals surface area contributed by atoms with E-state index in [0.29, 0.717) is 12.0 Å². The maximum atomic E-state index is 11.6. The third-order valence-corrected chi connectivity index (χ3v) is 2.75. The SMILES string of the molecule is CCC(=O)C(=O)c1ccc(CC(C)C(=O)O)cc1. The van der Waals surface area contributed by atoms with Gasteiger partial charge in [-0.15, -0.1) is 0 Å². The van der Waals surface area contributed by atoms with Gasteiger partial charge in [-0.2, -0.15) is 0 Å². The molecular formula is C14H16O4. The van der Waals surface area contributed by atoms with E-state index in [1.54, 1.807) is 38.1 Å². The van der Waals surface area contributed by atoms with E-state index in [2.05, 4.69) is 0 Å².